The predicted octanol–water partition coefficient (Wildman–Crippen LogP) is 4.45. The van der Waals surface area contributed by atoms with Crippen molar-refractivity contribution in [3.63, 3.8) is 0 Å². The fraction of sp³-hybridized carbons (Fsp3) is 0.444. The van der Waals surface area contributed by atoms with Gasteiger partial charge in [-0.2, -0.15) is 0 Å². The minimum atomic E-state index is -0.844. The average molecular weight is 482 g/mol. The van der Waals surface area contributed by atoms with Crippen LogP contribution in [-0.4, -0.2) is 48.1 Å². The van der Waals surface area contributed by atoms with Gasteiger partial charge in [0, 0.05) is 11.7 Å². The van der Waals surface area contributed by atoms with Crippen LogP contribution in [0.3, 0.4) is 0 Å². The summed E-state index contributed by atoms with van der Waals surface area (Å²) in [6.45, 7) is 7.06. The molecule has 1 atom stereocenters. The highest BCUT2D eigenvalue weighted by molar-refractivity contribution is 5.98. The molecule has 1 aliphatic carbocycles. The second-order valence-corrected chi connectivity index (χ2v) is 9.60. The topological polar surface area (TPSA) is 97.0 Å². The summed E-state index contributed by atoms with van der Waals surface area (Å²) in [7, 11) is 1.58. The number of ether oxygens (including phenoxy) is 2. The van der Waals surface area contributed by atoms with Crippen LogP contribution in [-0.2, 0) is 20.7 Å². The highest BCUT2D eigenvalue weighted by Crippen LogP contribution is 2.35. The molecule has 1 unspecified atom stereocenters. The Labute approximate surface area is 207 Å². The number of rotatable bonds is 9. The van der Waals surface area contributed by atoms with E-state index in [9.17, 15) is 14.4 Å². The maximum absolute atomic E-state index is 13.6. The minimum absolute atomic E-state index is 0.0691. The molecule has 0 radical (unpaired) electrons. The highest BCUT2D eigenvalue weighted by Gasteiger charge is 2.41. The van der Waals surface area contributed by atoms with Gasteiger partial charge >= 0.3 is 6.09 Å². The molecule has 8 heteroatoms. The standard InChI is InChI=1S/C27H35N3O5/c1-6-18-7-9-19(10-8-18)24(25(32)29-20-11-15-22(34-5)16-12-20)30(21-13-14-21)23(31)17-28-26(33)35-27(2,3)4/h7-12,15-16,21,24H,6,13-14,17H2,1-5H3,(H,28,33)(H,29,32). The Kier molecular flexibility index (Phi) is 8.38. The fourth-order valence-corrected chi connectivity index (χ4v) is 3.72. The van der Waals surface area contributed by atoms with E-state index in [1.807, 2.05) is 24.3 Å². The number of anilines is 1. The van der Waals surface area contributed by atoms with E-state index in [1.54, 1.807) is 57.0 Å². The molecule has 0 aromatic heterocycles. The van der Waals surface area contributed by atoms with Crippen molar-refractivity contribution in [3.8, 4) is 5.75 Å². The van der Waals surface area contributed by atoms with Crippen molar-refractivity contribution in [1.29, 1.82) is 0 Å². The molecule has 0 heterocycles. The van der Waals surface area contributed by atoms with Gasteiger partial charge < -0.3 is 25.0 Å². The van der Waals surface area contributed by atoms with Crippen molar-refractivity contribution in [2.24, 2.45) is 0 Å². The number of methoxy groups -OCH3 is 1. The van der Waals surface area contributed by atoms with Gasteiger partial charge in [-0.25, -0.2) is 4.79 Å². The number of nitrogens with one attached hydrogen (secondary N) is 2. The molecule has 0 bridgehead atoms. The third-order valence-corrected chi connectivity index (χ3v) is 5.60. The summed E-state index contributed by atoms with van der Waals surface area (Å²) < 4.78 is 10.4. The average Bonchev–Trinajstić information content (AvgIpc) is 3.65. The van der Waals surface area contributed by atoms with Crippen LogP contribution >= 0.6 is 0 Å². The molecule has 0 aliphatic heterocycles. The lowest BCUT2D eigenvalue weighted by atomic mass is 10.0. The monoisotopic (exact) mass is 481 g/mol. The van der Waals surface area contributed by atoms with Gasteiger partial charge in [-0.05, 0) is 75.4 Å². The number of hydrogen-bond acceptors (Lipinski definition) is 5. The lowest BCUT2D eigenvalue weighted by molar-refractivity contribution is -0.138. The summed E-state index contributed by atoms with van der Waals surface area (Å²) in [5.41, 5.74) is 1.77. The van der Waals surface area contributed by atoms with Crippen molar-refractivity contribution >= 4 is 23.6 Å². The second kappa shape index (κ2) is 11.3. The Morgan fingerprint density at radius 1 is 1.03 bits per heavy atom. The molecule has 2 aromatic carbocycles. The van der Waals surface area contributed by atoms with Crippen LogP contribution in [0.25, 0.3) is 0 Å². The molecule has 35 heavy (non-hydrogen) atoms. The molecule has 1 fully saturated rings. The van der Waals surface area contributed by atoms with Gasteiger partial charge in [-0.3, -0.25) is 9.59 Å². The van der Waals surface area contributed by atoms with Crippen molar-refractivity contribution in [3.05, 3.63) is 59.7 Å². The Balaban J connectivity index is 1.85. The van der Waals surface area contributed by atoms with E-state index in [4.69, 9.17) is 9.47 Å². The quantitative estimate of drug-likeness (QED) is 0.551. The van der Waals surface area contributed by atoms with Crippen LogP contribution in [0.15, 0.2) is 48.5 Å². The second-order valence-electron chi connectivity index (χ2n) is 9.60. The number of alkyl carbamates (subject to hydrolysis) is 1. The Bertz CT molecular complexity index is 1020. The normalized spacial score (nSPS) is 14.0. The van der Waals surface area contributed by atoms with Gasteiger partial charge in [0.05, 0.1) is 7.11 Å². The van der Waals surface area contributed by atoms with E-state index in [0.29, 0.717) is 17.0 Å². The lowest BCUT2D eigenvalue weighted by Crippen LogP contribution is -2.47. The van der Waals surface area contributed by atoms with Crippen molar-refractivity contribution in [2.45, 2.75) is 64.6 Å². The van der Waals surface area contributed by atoms with Gasteiger partial charge in [0.1, 0.15) is 23.9 Å². The molecular weight excluding hydrogens is 446 g/mol. The summed E-state index contributed by atoms with van der Waals surface area (Å²) in [6.07, 6.45) is 1.80. The minimum Gasteiger partial charge on any atom is -0.497 e. The predicted molar refractivity (Wildman–Crippen MR) is 134 cm³/mol. The SMILES string of the molecule is CCc1ccc(C(C(=O)Nc2ccc(OC)cc2)N(C(=O)CNC(=O)OC(C)(C)C)C2CC2)cc1. The number of hydrogen-bond donors (Lipinski definition) is 2. The molecule has 0 saturated heterocycles. The molecule has 1 saturated carbocycles. The maximum atomic E-state index is 13.6. The van der Waals surface area contributed by atoms with E-state index in [-0.39, 0.29) is 24.4 Å². The van der Waals surface area contributed by atoms with E-state index in [0.717, 1.165) is 24.8 Å². The largest absolute Gasteiger partial charge is 0.497 e. The number of benzene rings is 2. The van der Waals surface area contributed by atoms with Crippen molar-refractivity contribution in [2.75, 3.05) is 19.0 Å². The highest BCUT2D eigenvalue weighted by atomic mass is 16.6. The summed E-state index contributed by atoms with van der Waals surface area (Å²) in [4.78, 5) is 40.6. The van der Waals surface area contributed by atoms with E-state index in [1.165, 1.54) is 0 Å². The van der Waals surface area contributed by atoms with Crippen LogP contribution in [0.2, 0.25) is 0 Å². The van der Waals surface area contributed by atoms with Crippen molar-refractivity contribution in [1.82, 2.24) is 10.2 Å². The number of carbonyl (C=O) groups is 3. The maximum Gasteiger partial charge on any atom is 0.408 e. The molecular formula is C27H35N3O5. The summed E-state index contributed by atoms with van der Waals surface area (Å²) in [5.74, 6) is 0.0162. The summed E-state index contributed by atoms with van der Waals surface area (Å²) in [5, 5.41) is 5.46. The van der Waals surface area contributed by atoms with Crippen LogP contribution in [0.1, 0.15) is 57.7 Å². The first-order valence-corrected chi connectivity index (χ1v) is 11.9. The molecule has 188 valence electrons. The zero-order valence-corrected chi connectivity index (χ0v) is 21.1. The number of nitrogens with zero attached hydrogens (tertiary/aromatic N) is 1. The first-order valence-electron chi connectivity index (χ1n) is 11.9. The van der Waals surface area contributed by atoms with E-state index >= 15 is 0 Å². The van der Waals surface area contributed by atoms with E-state index < -0.39 is 17.7 Å². The third-order valence-electron chi connectivity index (χ3n) is 5.60. The fourth-order valence-electron chi connectivity index (χ4n) is 3.72. The van der Waals surface area contributed by atoms with Gasteiger partial charge in [0.2, 0.25) is 5.91 Å². The number of amides is 3. The van der Waals surface area contributed by atoms with Crippen LogP contribution in [0.4, 0.5) is 10.5 Å². The van der Waals surface area contributed by atoms with Crippen LogP contribution in [0, 0.1) is 0 Å². The molecule has 3 amide bonds. The zero-order chi connectivity index (χ0) is 25.6. The van der Waals surface area contributed by atoms with Gasteiger partial charge in [0.15, 0.2) is 0 Å². The molecule has 2 aromatic rings. The Morgan fingerprint density at radius 2 is 1.66 bits per heavy atom. The summed E-state index contributed by atoms with van der Waals surface area (Å²) in [6, 6.07) is 13.8. The zero-order valence-electron chi connectivity index (χ0n) is 21.1. The molecule has 3 rings (SSSR count). The van der Waals surface area contributed by atoms with Gasteiger partial charge in [-0.1, -0.05) is 31.2 Å². The third kappa shape index (κ3) is 7.47. The van der Waals surface area contributed by atoms with Crippen molar-refractivity contribution < 1.29 is 23.9 Å². The van der Waals surface area contributed by atoms with Crippen LogP contribution < -0.4 is 15.4 Å². The number of aryl methyl sites for hydroxylation is 1. The first-order chi connectivity index (χ1) is 16.6. The molecule has 2 N–H and O–H groups in total. The molecule has 0 spiro atoms. The van der Waals surface area contributed by atoms with Gasteiger partial charge in [-0.15, -0.1) is 0 Å². The van der Waals surface area contributed by atoms with Gasteiger partial charge in [0.25, 0.3) is 5.91 Å². The smallest absolute Gasteiger partial charge is 0.408 e. The van der Waals surface area contributed by atoms with E-state index in [2.05, 4.69) is 17.6 Å². The number of carbonyl (C=O) groups excluding carboxylic acids is 3. The summed E-state index contributed by atoms with van der Waals surface area (Å²) >= 11 is 0. The lowest BCUT2D eigenvalue weighted by Gasteiger charge is -2.32. The molecule has 1 aliphatic rings. The Hall–Kier alpha value is -3.55. The van der Waals surface area contributed by atoms with Crippen LogP contribution in [0.5, 0.6) is 5.75 Å². The first kappa shape index (κ1) is 26.1. The molecule has 8 nitrogen and oxygen atoms in total. The Morgan fingerprint density at radius 3 is 2.17 bits per heavy atom.